The molecule has 1 heterocycles. The molecule has 1 aromatic heterocycles. The molecule has 0 saturated carbocycles. The number of carbonyl (C=O) groups is 1. The Hall–Kier alpha value is -3.20. The minimum Gasteiger partial charge on any atom is -0.497 e. The van der Waals surface area contributed by atoms with Gasteiger partial charge in [-0.3, -0.25) is 4.79 Å². The first-order valence-corrected chi connectivity index (χ1v) is 10.6. The number of aryl methyl sites for hydroxylation is 1. The van der Waals surface area contributed by atoms with Gasteiger partial charge in [0, 0.05) is 19.4 Å². The molecule has 29 heavy (non-hydrogen) atoms. The van der Waals surface area contributed by atoms with E-state index in [2.05, 4.69) is 15.5 Å². The molecule has 0 aliphatic heterocycles. The van der Waals surface area contributed by atoms with E-state index in [-0.39, 0.29) is 41.1 Å². The number of rotatable bonds is 9. The van der Waals surface area contributed by atoms with Gasteiger partial charge in [0.25, 0.3) is 0 Å². The predicted octanol–water partition coefficient (Wildman–Crippen LogP) is 2.30. The summed E-state index contributed by atoms with van der Waals surface area (Å²) in [6.07, 6.45) is 0.374. The van der Waals surface area contributed by atoms with Crippen molar-refractivity contribution in [3.8, 4) is 5.75 Å². The van der Waals surface area contributed by atoms with E-state index in [1.165, 1.54) is 12.1 Å². The van der Waals surface area contributed by atoms with Crippen molar-refractivity contribution in [3.63, 3.8) is 0 Å². The Morgan fingerprint density at radius 2 is 1.93 bits per heavy atom. The first-order chi connectivity index (χ1) is 14.0. The molecule has 3 rings (SSSR count). The summed E-state index contributed by atoms with van der Waals surface area (Å²) < 4.78 is 34.9. The lowest BCUT2D eigenvalue weighted by molar-refractivity contribution is -0.121. The molecule has 0 spiro atoms. The minimum atomic E-state index is -3.55. The van der Waals surface area contributed by atoms with Gasteiger partial charge in [0.2, 0.25) is 11.8 Å². The first-order valence-electron chi connectivity index (χ1n) is 8.95. The molecule has 0 atom stereocenters. The Bertz CT molecular complexity index is 1060. The predicted molar refractivity (Wildman–Crippen MR) is 105 cm³/mol. The maximum atomic E-state index is 12.3. The fourth-order valence-electron chi connectivity index (χ4n) is 2.62. The summed E-state index contributed by atoms with van der Waals surface area (Å²) in [5, 5.41) is 6.51. The van der Waals surface area contributed by atoms with Gasteiger partial charge in [0.1, 0.15) is 11.5 Å². The number of aromatic nitrogens is 2. The summed E-state index contributed by atoms with van der Waals surface area (Å²) in [4.78, 5) is 16.3. The number of amides is 1. The summed E-state index contributed by atoms with van der Waals surface area (Å²) in [5.74, 6) is 0.480. The summed E-state index contributed by atoms with van der Waals surface area (Å²) in [7, 11) is -1.97. The molecule has 9 heteroatoms. The van der Waals surface area contributed by atoms with Crippen LogP contribution >= 0.6 is 0 Å². The molecule has 0 fully saturated rings. The van der Waals surface area contributed by atoms with Crippen LogP contribution in [0.25, 0.3) is 0 Å². The highest BCUT2D eigenvalue weighted by Crippen LogP contribution is 2.15. The Labute approximate surface area is 168 Å². The van der Waals surface area contributed by atoms with Gasteiger partial charge in [-0.05, 0) is 29.8 Å². The van der Waals surface area contributed by atoms with Crippen LogP contribution in [-0.2, 0) is 33.4 Å². The van der Waals surface area contributed by atoms with Crippen LogP contribution in [0.15, 0.2) is 64.0 Å². The first kappa shape index (κ1) is 20.5. The van der Waals surface area contributed by atoms with E-state index in [4.69, 9.17) is 9.26 Å². The number of sulfone groups is 1. The molecule has 3 aromatic rings. The number of nitrogens with zero attached hydrogens (tertiary/aromatic N) is 2. The van der Waals surface area contributed by atoms with Crippen LogP contribution in [-0.4, -0.2) is 31.6 Å². The van der Waals surface area contributed by atoms with Gasteiger partial charge in [-0.15, -0.1) is 0 Å². The molecule has 1 N–H and O–H groups in total. The second kappa shape index (κ2) is 9.33. The van der Waals surface area contributed by atoms with Gasteiger partial charge in [0.15, 0.2) is 15.7 Å². The summed E-state index contributed by atoms with van der Waals surface area (Å²) in [5.41, 5.74) is 0.920. The van der Waals surface area contributed by atoms with Crippen LogP contribution in [0.2, 0.25) is 0 Å². The van der Waals surface area contributed by atoms with Crippen molar-refractivity contribution < 1.29 is 22.5 Å². The van der Waals surface area contributed by atoms with E-state index < -0.39 is 9.84 Å². The highest BCUT2D eigenvalue weighted by atomic mass is 32.2. The van der Waals surface area contributed by atoms with Crippen molar-refractivity contribution in [2.24, 2.45) is 0 Å². The van der Waals surface area contributed by atoms with Gasteiger partial charge in [-0.1, -0.05) is 35.5 Å². The van der Waals surface area contributed by atoms with Crippen molar-refractivity contribution in [1.29, 1.82) is 0 Å². The van der Waals surface area contributed by atoms with Gasteiger partial charge in [-0.25, -0.2) is 8.42 Å². The Morgan fingerprint density at radius 1 is 1.14 bits per heavy atom. The zero-order valence-corrected chi connectivity index (χ0v) is 16.7. The standard InChI is InChI=1S/C20H21N3O5S/c1-27-16-7-5-6-15(12-16)13-21-19(24)10-11-20-22-18(23-28-20)14-29(25,26)17-8-3-2-4-9-17/h2-9,12H,10-11,13-14H2,1H3,(H,21,24). The van der Waals surface area contributed by atoms with Crippen molar-refractivity contribution in [2.45, 2.75) is 30.0 Å². The number of hydrogen-bond acceptors (Lipinski definition) is 7. The minimum absolute atomic E-state index is 0.0700. The van der Waals surface area contributed by atoms with E-state index in [9.17, 15) is 13.2 Å². The molecule has 0 aliphatic carbocycles. The quantitative estimate of drug-likeness (QED) is 0.571. The van der Waals surface area contributed by atoms with Crippen LogP contribution in [0.1, 0.15) is 23.7 Å². The van der Waals surface area contributed by atoms with Crippen LogP contribution in [0, 0.1) is 0 Å². The van der Waals surface area contributed by atoms with E-state index in [0.717, 1.165) is 11.3 Å². The van der Waals surface area contributed by atoms with Crippen molar-refractivity contribution >= 4 is 15.7 Å². The summed E-state index contributed by atoms with van der Waals surface area (Å²) in [6, 6.07) is 15.5. The lowest BCUT2D eigenvalue weighted by atomic mass is 10.2. The van der Waals surface area contributed by atoms with Crippen LogP contribution in [0.5, 0.6) is 5.75 Å². The maximum absolute atomic E-state index is 12.3. The van der Waals surface area contributed by atoms with E-state index in [1.54, 1.807) is 25.3 Å². The van der Waals surface area contributed by atoms with E-state index in [1.807, 2.05) is 24.3 Å². The third kappa shape index (κ3) is 5.89. The normalized spacial score (nSPS) is 11.2. The highest BCUT2D eigenvalue weighted by Gasteiger charge is 2.19. The number of carbonyl (C=O) groups excluding carboxylic acids is 1. The second-order valence-corrected chi connectivity index (χ2v) is 8.29. The number of benzene rings is 2. The Kier molecular flexibility index (Phi) is 6.61. The number of methoxy groups -OCH3 is 1. The molecule has 0 unspecified atom stereocenters. The third-order valence-electron chi connectivity index (χ3n) is 4.12. The average Bonchev–Trinajstić information content (AvgIpc) is 3.18. The fourth-order valence-corrected chi connectivity index (χ4v) is 3.82. The van der Waals surface area contributed by atoms with Crippen LogP contribution in [0.4, 0.5) is 0 Å². The zero-order valence-electron chi connectivity index (χ0n) is 15.9. The number of nitrogens with one attached hydrogen (secondary N) is 1. The fraction of sp³-hybridized carbons (Fsp3) is 0.250. The summed E-state index contributed by atoms with van der Waals surface area (Å²) >= 11 is 0. The molecule has 1 amide bonds. The maximum Gasteiger partial charge on any atom is 0.227 e. The molecule has 2 aromatic carbocycles. The van der Waals surface area contributed by atoms with Crippen molar-refractivity contribution in [2.75, 3.05) is 7.11 Å². The number of ether oxygens (including phenoxy) is 1. The van der Waals surface area contributed by atoms with Crippen LogP contribution < -0.4 is 10.1 Å². The zero-order chi connectivity index (χ0) is 20.7. The van der Waals surface area contributed by atoms with Gasteiger partial charge in [-0.2, -0.15) is 4.98 Å². The molecule has 0 radical (unpaired) electrons. The molecular formula is C20H21N3O5S. The smallest absolute Gasteiger partial charge is 0.227 e. The number of hydrogen-bond donors (Lipinski definition) is 1. The molecular weight excluding hydrogens is 394 g/mol. The lowest BCUT2D eigenvalue weighted by Crippen LogP contribution is -2.23. The topological polar surface area (TPSA) is 111 Å². The molecule has 152 valence electrons. The molecule has 8 nitrogen and oxygen atoms in total. The lowest BCUT2D eigenvalue weighted by Gasteiger charge is -2.06. The molecule has 0 aliphatic rings. The average molecular weight is 415 g/mol. The van der Waals surface area contributed by atoms with Crippen molar-refractivity contribution in [1.82, 2.24) is 15.5 Å². The van der Waals surface area contributed by atoms with Crippen LogP contribution in [0.3, 0.4) is 0 Å². The van der Waals surface area contributed by atoms with Gasteiger partial charge >= 0.3 is 0 Å². The largest absolute Gasteiger partial charge is 0.497 e. The monoisotopic (exact) mass is 415 g/mol. The summed E-state index contributed by atoms with van der Waals surface area (Å²) in [6.45, 7) is 0.375. The second-order valence-electron chi connectivity index (χ2n) is 6.30. The van der Waals surface area contributed by atoms with Crippen molar-refractivity contribution in [3.05, 3.63) is 71.9 Å². The molecule has 0 saturated heterocycles. The molecule has 0 bridgehead atoms. The van der Waals surface area contributed by atoms with Gasteiger partial charge in [0.05, 0.1) is 12.0 Å². The highest BCUT2D eigenvalue weighted by molar-refractivity contribution is 7.90. The van der Waals surface area contributed by atoms with Gasteiger partial charge < -0.3 is 14.6 Å². The van der Waals surface area contributed by atoms with E-state index >= 15 is 0 Å². The van der Waals surface area contributed by atoms with E-state index in [0.29, 0.717) is 6.54 Å². The SMILES string of the molecule is COc1cccc(CNC(=O)CCc2nc(CS(=O)(=O)c3ccccc3)no2)c1. The third-order valence-corrected chi connectivity index (χ3v) is 5.75. The Morgan fingerprint density at radius 3 is 2.69 bits per heavy atom. The Balaban J connectivity index is 1.49.